The number of benzene rings is 1. The van der Waals surface area contributed by atoms with E-state index >= 15 is 0 Å². The minimum absolute atomic E-state index is 0.268. The molecule has 0 radical (unpaired) electrons. The Morgan fingerprint density at radius 2 is 2.12 bits per heavy atom. The third kappa shape index (κ3) is 3.12. The summed E-state index contributed by atoms with van der Waals surface area (Å²) in [4.78, 5) is 0.694. The fraction of sp³-hybridized carbons (Fsp3) is 0.500. The molecule has 16 heavy (non-hydrogen) atoms. The second-order valence-corrected chi connectivity index (χ2v) is 5.50. The smallest absolute Gasteiger partial charge is 0.123 e. The van der Waals surface area contributed by atoms with Gasteiger partial charge in [0.05, 0.1) is 16.9 Å². The molecule has 0 aliphatic carbocycles. The highest BCUT2D eigenvalue weighted by Gasteiger charge is 2.16. The van der Waals surface area contributed by atoms with Crippen LogP contribution in [0.1, 0.15) is 19.3 Å². The molecule has 2 nitrogen and oxygen atoms in total. The highest BCUT2D eigenvalue weighted by Crippen LogP contribution is 2.17. The van der Waals surface area contributed by atoms with E-state index in [1.165, 1.54) is 12.1 Å². The molecule has 1 aromatic rings. The molecule has 88 valence electrons. The first-order chi connectivity index (χ1) is 7.75. The molecule has 0 N–H and O–H groups in total. The third-order valence-electron chi connectivity index (χ3n) is 2.73. The number of hydrogen-bond donors (Lipinski definition) is 0. The number of hydrogen-bond acceptors (Lipinski definition) is 2. The van der Waals surface area contributed by atoms with Gasteiger partial charge in [-0.1, -0.05) is 0 Å². The van der Waals surface area contributed by atoms with Crippen molar-refractivity contribution in [3.05, 3.63) is 30.1 Å². The van der Waals surface area contributed by atoms with E-state index in [0.717, 1.165) is 25.9 Å². The Hall–Kier alpha value is -0.740. The summed E-state index contributed by atoms with van der Waals surface area (Å²) in [6, 6.07) is 5.86. The fourth-order valence-electron chi connectivity index (χ4n) is 1.81. The van der Waals surface area contributed by atoms with Crippen LogP contribution >= 0.6 is 0 Å². The van der Waals surface area contributed by atoms with E-state index in [1.807, 2.05) is 0 Å². The maximum atomic E-state index is 12.7. The summed E-state index contributed by atoms with van der Waals surface area (Å²) in [5.41, 5.74) is 0. The zero-order valence-corrected chi connectivity index (χ0v) is 9.84. The van der Waals surface area contributed by atoms with E-state index in [2.05, 4.69) is 0 Å². The lowest BCUT2D eigenvalue weighted by molar-refractivity contribution is 0.109. The average molecular weight is 242 g/mol. The second kappa shape index (κ2) is 5.55. The van der Waals surface area contributed by atoms with Gasteiger partial charge in [-0.2, -0.15) is 0 Å². The molecule has 1 aliphatic rings. The molecule has 1 fully saturated rings. The Morgan fingerprint density at radius 3 is 2.75 bits per heavy atom. The number of halogens is 1. The SMILES string of the molecule is O=S(CCC1CCCO1)c1ccc(F)cc1. The van der Waals surface area contributed by atoms with Crippen molar-refractivity contribution in [3.63, 3.8) is 0 Å². The first kappa shape index (κ1) is 11.7. The summed E-state index contributed by atoms with van der Waals surface area (Å²) in [5.74, 6) is 0.302. The summed E-state index contributed by atoms with van der Waals surface area (Å²) >= 11 is 0. The van der Waals surface area contributed by atoms with E-state index < -0.39 is 10.8 Å². The quantitative estimate of drug-likeness (QED) is 0.811. The van der Waals surface area contributed by atoms with Gasteiger partial charge >= 0.3 is 0 Å². The van der Waals surface area contributed by atoms with Crippen LogP contribution in [0.5, 0.6) is 0 Å². The Kier molecular flexibility index (Phi) is 4.07. The average Bonchev–Trinajstić information content (AvgIpc) is 2.80. The monoisotopic (exact) mass is 242 g/mol. The molecule has 0 saturated carbocycles. The van der Waals surface area contributed by atoms with Crippen LogP contribution in [-0.2, 0) is 15.5 Å². The van der Waals surface area contributed by atoms with Crippen molar-refractivity contribution in [2.75, 3.05) is 12.4 Å². The zero-order chi connectivity index (χ0) is 11.4. The first-order valence-electron chi connectivity index (χ1n) is 5.51. The lowest BCUT2D eigenvalue weighted by Gasteiger charge is -2.08. The molecule has 0 spiro atoms. The maximum Gasteiger partial charge on any atom is 0.123 e. The van der Waals surface area contributed by atoms with Gasteiger partial charge in [0.25, 0.3) is 0 Å². The van der Waals surface area contributed by atoms with Crippen molar-refractivity contribution in [3.8, 4) is 0 Å². The van der Waals surface area contributed by atoms with Crippen LogP contribution in [0, 0.1) is 5.82 Å². The third-order valence-corrected chi connectivity index (χ3v) is 4.13. The van der Waals surface area contributed by atoms with Crippen molar-refractivity contribution in [1.29, 1.82) is 0 Å². The van der Waals surface area contributed by atoms with Crippen LogP contribution in [0.15, 0.2) is 29.2 Å². The largest absolute Gasteiger partial charge is 0.378 e. The van der Waals surface area contributed by atoms with Gasteiger partial charge in [0.15, 0.2) is 0 Å². The normalized spacial score (nSPS) is 22.2. The predicted octanol–water partition coefficient (Wildman–Crippen LogP) is 2.50. The molecule has 2 rings (SSSR count). The first-order valence-corrected chi connectivity index (χ1v) is 6.83. The van der Waals surface area contributed by atoms with Crippen molar-refractivity contribution in [1.82, 2.24) is 0 Å². The number of rotatable bonds is 4. The molecule has 1 aliphatic heterocycles. The van der Waals surface area contributed by atoms with E-state index in [0.29, 0.717) is 10.6 Å². The van der Waals surface area contributed by atoms with Crippen molar-refractivity contribution < 1.29 is 13.3 Å². The lowest BCUT2D eigenvalue weighted by Crippen LogP contribution is -2.10. The van der Waals surface area contributed by atoms with Crippen molar-refractivity contribution in [2.24, 2.45) is 0 Å². The summed E-state index contributed by atoms with van der Waals surface area (Å²) in [6.07, 6.45) is 3.27. The molecule has 2 unspecified atom stereocenters. The second-order valence-electron chi connectivity index (χ2n) is 3.93. The van der Waals surface area contributed by atoms with Gasteiger partial charge in [0.1, 0.15) is 5.82 Å². The Morgan fingerprint density at radius 1 is 1.38 bits per heavy atom. The minimum atomic E-state index is -1.03. The van der Waals surface area contributed by atoms with Crippen LogP contribution in [0.2, 0.25) is 0 Å². The molecule has 4 heteroatoms. The van der Waals surface area contributed by atoms with E-state index in [9.17, 15) is 8.60 Å². The van der Waals surface area contributed by atoms with E-state index in [4.69, 9.17) is 4.74 Å². The van der Waals surface area contributed by atoms with Crippen LogP contribution in [-0.4, -0.2) is 22.7 Å². The maximum absolute atomic E-state index is 12.7. The Labute approximate surface area is 97.3 Å². The summed E-state index contributed by atoms with van der Waals surface area (Å²) in [7, 11) is -1.03. The summed E-state index contributed by atoms with van der Waals surface area (Å²) < 4.78 is 30.0. The van der Waals surface area contributed by atoms with E-state index in [-0.39, 0.29) is 11.9 Å². The van der Waals surface area contributed by atoms with Crippen LogP contribution in [0.4, 0.5) is 4.39 Å². The molecule has 0 amide bonds. The topological polar surface area (TPSA) is 26.3 Å². The highest BCUT2D eigenvalue weighted by molar-refractivity contribution is 7.85. The molecule has 1 heterocycles. The van der Waals surface area contributed by atoms with Gasteiger partial charge in [-0.15, -0.1) is 0 Å². The van der Waals surface area contributed by atoms with Crippen LogP contribution < -0.4 is 0 Å². The molecule has 1 aromatic carbocycles. The lowest BCUT2D eigenvalue weighted by atomic mass is 10.2. The van der Waals surface area contributed by atoms with Gasteiger partial charge in [-0.05, 0) is 43.5 Å². The standard InChI is InChI=1S/C12H15FO2S/c13-10-3-5-12(6-4-10)16(14)9-7-11-2-1-8-15-11/h3-6,11H,1-2,7-9H2. The van der Waals surface area contributed by atoms with Gasteiger partial charge in [0, 0.05) is 17.3 Å². The highest BCUT2D eigenvalue weighted by atomic mass is 32.2. The van der Waals surface area contributed by atoms with Crippen molar-refractivity contribution >= 4 is 10.8 Å². The van der Waals surface area contributed by atoms with Gasteiger partial charge in [-0.3, -0.25) is 4.21 Å². The molecular formula is C12H15FO2S. The molecule has 1 saturated heterocycles. The van der Waals surface area contributed by atoms with Crippen LogP contribution in [0.3, 0.4) is 0 Å². The Balaban J connectivity index is 1.85. The van der Waals surface area contributed by atoms with Crippen LogP contribution in [0.25, 0.3) is 0 Å². The predicted molar refractivity (Wildman–Crippen MR) is 61.3 cm³/mol. The fourth-order valence-corrected chi connectivity index (χ4v) is 2.97. The van der Waals surface area contributed by atoms with Gasteiger partial charge < -0.3 is 4.74 Å². The summed E-state index contributed by atoms with van der Waals surface area (Å²) in [6.45, 7) is 0.827. The Bertz CT molecular complexity index is 358. The molecule has 2 atom stereocenters. The molecule has 0 bridgehead atoms. The van der Waals surface area contributed by atoms with Gasteiger partial charge in [-0.25, -0.2) is 4.39 Å². The van der Waals surface area contributed by atoms with Crippen molar-refractivity contribution in [2.45, 2.75) is 30.3 Å². The molecule has 0 aromatic heterocycles. The summed E-state index contributed by atoms with van der Waals surface area (Å²) in [5, 5.41) is 0. The van der Waals surface area contributed by atoms with Gasteiger partial charge in [0.2, 0.25) is 0 Å². The minimum Gasteiger partial charge on any atom is -0.378 e. The zero-order valence-electron chi connectivity index (χ0n) is 9.02. The molecular weight excluding hydrogens is 227 g/mol. The van der Waals surface area contributed by atoms with E-state index in [1.54, 1.807) is 12.1 Å². The number of ether oxygens (including phenoxy) is 1.